The molecule has 2 unspecified atom stereocenters. The van der Waals surface area contributed by atoms with Gasteiger partial charge in [0.25, 0.3) is 0 Å². The van der Waals surface area contributed by atoms with Gasteiger partial charge in [-0.05, 0) is 148 Å². The van der Waals surface area contributed by atoms with Crippen molar-refractivity contribution < 1.29 is 42.1 Å². The maximum Gasteiger partial charge on any atom is 0.472 e. The van der Waals surface area contributed by atoms with Gasteiger partial charge in [-0.25, -0.2) is 4.57 Å². The molecule has 0 aliphatic carbocycles. The van der Waals surface area contributed by atoms with E-state index in [0.717, 1.165) is 148 Å². The number of phosphoric ester groups is 1. The molecule has 2 atom stereocenters. The number of hydrogen-bond acceptors (Lipinski definition) is 7. The third kappa shape index (κ3) is 71.4. The third-order valence-corrected chi connectivity index (χ3v) is 14.5. The van der Waals surface area contributed by atoms with Gasteiger partial charge >= 0.3 is 19.8 Å². The molecular formula is C80H125NO8P+. The van der Waals surface area contributed by atoms with Crippen molar-refractivity contribution in [2.75, 3.05) is 47.5 Å². The monoisotopic (exact) mass is 1260 g/mol. The van der Waals surface area contributed by atoms with Gasteiger partial charge in [-0.1, -0.05) is 278 Å². The quantitative estimate of drug-likeness (QED) is 0.0211. The van der Waals surface area contributed by atoms with Crippen LogP contribution in [0, 0.1) is 0 Å². The minimum Gasteiger partial charge on any atom is -0.462 e. The number of nitrogens with zero attached hydrogens (tertiary/aromatic N) is 1. The number of ether oxygens (including phenoxy) is 2. The second-order valence-electron chi connectivity index (χ2n) is 23.1. The smallest absolute Gasteiger partial charge is 0.462 e. The molecule has 0 rings (SSSR count). The van der Waals surface area contributed by atoms with E-state index in [-0.39, 0.29) is 26.1 Å². The molecule has 0 radical (unpaired) electrons. The fourth-order valence-electron chi connectivity index (χ4n) is 8.30. The summed E-state index contributed by atoms with van der Waals surface area (Å²) in [6.07, 6.45) is 109. The van der Waals surface area contributed by atoms with Crippen LogP contribution in [0.25, 0.3) is 0 Å². The third-order valence-electron chi connectivity index (χ3n) is 13.5. The zero-order valence-corrected chi connectivity index (χ0v) is 57.9. The lowest BCUT2D eigenvalue weighted by atomic mass is 10.1. The first-order chi connectivity index (χ1) is 44.0. The molecule has 0 aliphatic heterocycles. The zero-order valence-electron chi connectivity index (χ0n) is 57.0. The molecule has 10 heteroatoms. The molecule has 90 heavy (non-hydrogen) atoms. The molecule has 0 bridgehead atoms. The zero-order chi connectivity index (χ0) is 65.5. The summed E-state index contributed by atoms with van der Waals surface area (Å²) in [7, 11) is 1.41. The molecule has 0 fully saturated rings. The fraction of sp³-hybridized carbons (Fsp3) is 0.525. The van der Waals surface area contributed by atoms with Crippen LogP contribution in [0.1, 0.15) is 219 Å². The molecule has 9 nitrogen and oxygen atoms in total. The number of rotatable bonds is 60. The van der Waals surface area contributed by atoms with Gasteiger partial charge < -0.3 is 18.9 Å². The van der Waals surface area contributed by atoms with Crippen molar-refractivity contribution >= 4 is 19.8 Å². The van der Waals surface area contributed by atoms with E-state index in [4.69, 9.17) is 18.5 Å². The summed E-state index contributed by atoms with van der Waals surface area (Å²) < 4.78 is 34.6. The van der Waals surface area contributed by atoms with Gasteiger partial charge in [-0.2, -0.15) is 0 Å². The summed E-state index contributed by atoms with van der Waals surface area (Å²) in [6.45, 7) is 4.10. The van der Waals surface area contributed by atoms with Crippen LogP contribution in [0.5, 0.6) is 0 Å². The van der Waals surface area contributed by atoms with E-state index in [2.05, 4.69) is 233 Å². The first-order valence-corrected chi connectivity index (χ1v) is 36.0. The molecule has 0 saturated carbocycles. The number of allylic oxidation sites excluding steroid dienone is 36. The Balaban J connectivity index is 4.25. The summed E-state index contributed by atoms with van der Waals surface area (Å²) in [5.74, 6) is -0.893. The van der Waals surface area contributed by atoms with Crippen LogP contribution in [-0.2, 0) is 32.7 Å². The lowest BCUT2D eigenvalue weighted by molar-refractivity contribution is -0.870. The Bertz CT molecular complexity index is 2320. The normalized spacial score (nSPS) is 14.5. The predicted octanol–water partition coefficient (Wildman–Crippen LogP) is 22.8. The molecule has 0 spiro atoms. The van der Waals surface area contributed by atoms with Crippen LogP contribution in [0.2, 0.25) is 0 Å². The number of carbonyl (C=O) groups excluding carboxylic acids is 2. The molecule has 0 heterocycles. The van der Waals surface area contributed by atoms with Crippen molar-refractivity contribution in [3.05, 3.63) is 219 Å². The minimum atomic E-state index is -4.42. The lowest BCUT2D eigenvalue weighted by Crippen LogP contribution is -2.37. The van der Waals surface area contributed by atoms with Crippen molar-refractivity contribution in [3.63, 3.8) is 0 Å². The molecule has 502 valence electrons. The number of carbonyl (C=O) groups is 2. The Morgan fingerprint density at radius 2 is 0.611 bits per heavy atom. The number of quaternary nitrogens is 1. The van der Waals surface area contributed by atoms with E-state index >= 15 is 0 Å². The number of phosphoric acid groups is 1. The van der Waals surface area contributed by atoms with Gasteiger partial charge in [0.1, 0.15) is 19.8 Å². The lowest BCUT2D eigenvalue weighted by Gasteiger charge is -2.24. The molecule has 0 aromatic carbocycles. The molecular weight excluding hydrogens is 1130 g/mol. The van der Waals surface area contributed by atoms with Crippen molar-refractivity contribution in [3.8, 4) is 0 Å². The van der Waals surface area contributed by atoms with Crippen LogP contribution in [0.3, 0.4) is 0 Å². The highest BCUT2D eigenvalue weighted by Gasteiger charge is 2.27. The van der Waals surface area contributed by atoms with E-state index < -0.39 is 32.5 Å². The summed E-state index contributed by atoms with van der Waals surface area (Å²) >= 11 is 0. The molecule has 0 saturated heterocycles. The highest BCUT2D eigenvalue weighted by atomic mass is 31.2. The standard InChI is InChI=1S/C80H124NO8P/c1-6-8-10-12-14-16-18-20-22-24-26-28-30-32-34-36-37-38-39-40-41-42-43-45-47-49-51-53-55-57-59-61-63-65-67-69-71-73-80(83)89-78(77-88-90(84,85)87-75-74-81(3,4)5)76-86-79(82)72-70-68-66-64-62-60-58-56-54-52-50-48-46-44-35-33-31-29-27-25-23-21-19-17-15-13-11-9-7-2/h8-11,14-17,20-23,26-29,32-35,37-38,40-41,43,45-46,48-49,51-52,54,58,60,64,66,78H,6-7,12-13,18-19,24-25,30-31,36,39,42,44,47,50,53,55-57,59,61-63,65,67-77H2,1-5H3/p+1/b10-8-,11-9-,16-14-,17-15-,22-20-,23-21-,28-26-,29-27-,34-32-,35-33-,38-37-,41-40-,45-43-,48-46-,51-49-,54-52-,60-58-,66-64-. The van der Waals surface area contributed by atoms with E-state index in [9.17, 15) is 19.0 Å². The Morgan fingerprint density at radius 3 is 0.922 bits per heavy atom. The van der Waals surface area contributed by atoms with E-state index in [0.29, 0.717) is 23.9 Å². The predicted molar refractivity (Wildman–Crippen MR) is 389 cm³/mol. The Kier molecular flexibility index (Phi) is 63.4. The van der Waals surface area contributed by atoms with E-state index in [1.165, 1.54) is 32.1 Å². The number of hydrogen-bond donors (Lipinski definition) is 1. The molecule has 1 N–H and O–H groups in total. The van der Waals surface area contributed by atoms with E-state index in [1.807, 2.05) is 21.1 Å². The number of unbranched alkanes of at least 4 members (excludes halogenated alkanes) is 10. The second-order valence-corrected chi connectivity index (χ2v) is 24.5. The second kappa shape index (κ2) is 67.7. The van der Waals surface area contributed by atoms with Crippen LogP contribution in [0.4, 0.5) is 0 Å². The van der Waals surface area contributed by atoms with Crippen molar-refractivity contribution in [1.82, 2.24) is 0 Å². The first-order valence-electron chi connectivity index (χ1n) is 34.5. The van der Waals surface area contributed by atoms with Gasteiger partial charge in [-0.3, -0.25) is 18.6 Å². The summed E-state index contributed by atoms with van der Waals surface area (Å²) in [4.78, 5) is 35.8. The first kappa shape index (κ1) is 84.3. The van der Waals surface area contributed by atoms with Crippen molar-refractivity contribution in [1.29, 1.82) is 0 Å². The summed E-state index contributed by atoms with van der Waals surface area (Å²) in [6, 6.07) is 0. The Labute approximate surface area is 550 Å². The SMILES string of the molecule is CC/C=C\C/C=C\C/C=C\C/C=C\C/C=C\C/C=C\C/C=C\C/C=C\C/C=C\CCCCCCCCCCCC(=O)OC(COC(=O)CCC/C=C\C/C=C\C/C=C\C/C=C\C/C=C\C/C=C\C/C=C\C/C=C\C/C=C\CC)COP(=O)(O)OCC[N+](C)(C)C. The van der Waals surface area contributed by atoms with Crippen LogP contribution in [-0.4, -0.2) is 74.9 Å². The Hall–Kier alpha value is -5.67. The molecule has 0 aromatic heterocycles. The van der Waals surface area contributed by atoms with Crippen LogP contribution in [0.15, 0.2) is 219 Å². The highest BCUT2D eigenvalue weighted by Crippen LogP contribution is 2.43. The molecule has 0 aromatic rings. The van der Waals surface area contributed by atoms with Gasteiger partial charge in [0, 0.05) is 12.8 Å². The van der Waals surface area contributed by atoms with Gasteiger partial charge in [0.05, 0.1) is 27.7 Å². The van der Waals surface area contributed by atoms with Gasteiger partial charge in [0.15, 0.2) is 6.10 Å². The summed E-state index contributed by atoms with van der Waals surface area (Å²) in [5, 5.41) is 0. The van der Waals surface area contributed by atoms with Crippen molar-refractivity contribution in [2.24, 2.45) is 0 Å². The topological polar surface area (TPSA) is 108 Å². The Morgan fingerprint density at radius 1 is 0.344 bits per heavy atom. The van der Waals surface area contributed by atoms with Gasteiger partial charge in [0.2, 0.25) is 0 Å². The maximum absolute atomic E-state index is 12.9. The maximum atomic E-state index is 12.9. The number of esters is 2. The van der Waals surface area contributed by atoms with Crippen molar-refractivity contribution in [2.45, 2.75) is 225 Å². The average Bonchev–Trinajstić information content (AvgIpc) is 3.58. The fourth-order valence-corrected chi connectivity index (χ4v) is 9.04. The van der Waals surface area contributed by atoms with E-state index in [1.54, 1.807) is 0 Å². The largest absolute Gasteiger partial charge is 0.472 e. The van der Waals surface area contributed by atoms with Gasteiger partial charge in [-0.15, -0.1) is 0 Å². The average molecular weight is 1260 g/mol. The van der Waals surface area contributed by atoms with Crippen LogP contribution < -0.4 is 0 Å². The highest BCUT2D eigenvalue weighted by molar-refractivity contribution is 7.47. The summed E-state index contributed by atoms with van der Waals surface area (Å²) in [5.41, 5.74) is 0. The van der Waals surface area contributed by atoms with Crippen LogP contribution >= 0.6 is 7.82 Å². The molecule has 0 aliphatic rings. The number of likely N-dealkylation sites (N-methyl/N-ethyl adjacent to an activating group) is 1. The minimum absolute atomic E-state index is 0.00846. The molecule has 0 amide bonds.